The summed E-state index contributed by atoms with van der Waals surface area (Å²) in [6, 6.07) is 24.5. The second kappa shape index (κ2) is 7.36. The van der Waals surface area contributed by atoms with Crippen LogP contribution >= 0.6 is 15.9 Å². The molecule has 0 saturated carbocycles. The van der Waals surface area contributed by atoms with Crippen molar-refractivity contribution in [1.82, 2.24) is 4.57 Å². The van der Waals surface area contributed by atoms with Crippen LogP contribution in [0.4, 0.5) is 0 Å². The molecule has 4 rings (SSSR count). The Hall–Kier alpha value is -2.32. The molecule has 3 aromatic carbocycles. The number of nitrogens with zero attached hydrogens (tertiary/aromatic N) is 1. The monoisotopic (exact) mass is 417 g/mol. The fraction of sp³-hybridized carbons (Fsp3) is 0.200. The van der Waals surface area contributed by atoms with Gasteiger partial charge in [0.15, 0.2) is 0 Å². The summed E-state index contributed by atoms with van der Waals surface area (Å²) in [6.07, 6.45) is 2.14. The van der Waals surface area contributed by atoms with Crippen LogP contribution in [-0.4, -0.2) is 4.57 Å². The molecule has 0 radical (unpaired) electrons. The van der Waals surface area contributed by atoms with Gasteiger partial charge in [-0.2, -0.15) is 0 Å². The average Bonchev–Trinajstić information content (AvgIpc) is 2.98. The summed E-state index contributed by atoms with van der Waals surface area (Å²) in [5.74, 6) is 0. The van der Waals surface area contributed by atoms with Crippen LogP contribution in [0.3, 0.4) is 0 Å². The summed E-state index contributed by atoms with van der Waals surface area (Å²) >= 11 is 3.85. The number of rotatable bonds is 4. The van der Waals surface area contributed by atoms with Gasteiger partial charge < -0.3 is 4.57 Å². The Morgan fingerprint density at radius 2 is 1.22 bits per heavy atom. The van der Waals surface area contributed by atoms with Crippen molar-refractivity contribution in [2.45, 2.75) is 26.7 Å². The van der Waals surface area contributed by atoms with E-state index in [0.29, 0.717) is 0 Å². The maximum Gasteiger partial charge on any atom is 0.0633 e. The van der Waals surface area contributed by atoms with Crippen molar-refractivity contribution in [2.24, 2.45) is 7.05 Å². The zero-order chi connectivity index (χ0) is 19.0. The second-order valence-electron chi connectivity index (χ2n) is 7.05. The lowest BCUT2D eigenvalue weighted by atomic mass is 10.0. The quantitative estimate of drug-likeness (QED) is 0.325. The first-order chi connectivity index (χ1) is 13.1. The number of benzene rings is 3. The topological polar surface area (TPSA) is 4.93 Å². The molecule has 136 valence electrons. The molecule has 0 fully saturated rings. The van der Waals surface area contributed by atoms with E-state index in [1.165, 1.54) is 44.4 Å². The molecule has 4 aromatic rings. The molecule has 0 aliphatic heterocycles. The Morgan fingerprint density at radius 3 is 1.78 bits per heavy atom. The molecular weight excluding hydrogens is 394 g/mol. The molecule has 0 saturated heterocycles. The molecule has 2 heteroatoms. The normalized spacial score (nSPS) is 11.3. The van der Waals surface area contributed by atoms with Gasteiger partial charge in [0.05, 0.1) is 15.7 Å². The smallest absolute Gasteiger partial charge is 0.0633 e. The van der Waals surface area contributed by atoms with E-state index in [4.69, 9.17) is 0 Å². The highest BCUT2D eigenvalue weighted by atomic mass is 79.9. The summed E-state index contributed by atoms with van der Waals surface area (Å²) in [5, 5.41) is 1.25. The minimum absolute atomic E-state index is 1.07. The van der Waals surface area contributed by atoms with Crippen molar-refractivity contribution in [1.29, 1.82) is 0 Å². The Morgan fingerprint density at radius 1 is 0.704 bits per heavy atom. The van der Waals surface area contributed by atoms with Gasteiger partial charge in [-0.15, -0.1) is 0 Å². The number of aryl methyl sites for hydroxylation is 3. The van der Waals surface area contributed by atoms with Crippen molar-refractivity contribution < 1.29 is 0 Å². The first kappa shape index (κ1) is 18.1. The van der Waals surface area contributed by atoms with Crippen molar-refractivity contribution in [2.75, 3.05) is 0 Å². The molecular formula is C25H24BrN. The highest BCUT2D eigenvalue weighted by Crippen LogP contribution is 2.38. The number of aromatic nitrogens is 1. The van der Waals surface area contributed by atoms with Crippen LogP contribution in [0.25, 0.3) is 33.3 Å². The largest absolute Gasteiger partial charge is 0.343 e. The van der Waals surface area contributed by atoms with E-state index < -0.39 is 0 Å². The third kappa shape index (κ3) is 3.23. The van der Waals surface area contributed by atoms with Gasteiger partial charge in [0.25, 0.3) is 0 Å². The van der Waals surface area contributed by atoms with Crippen molar-refractivity contribution >= 4 is 26.8 Å². The predicted octanol–water partition coefficient (Wildman–Crippen LogP) is 7.40. The van der Waals surface area contributed by atoms with E-state index in [1.54, 1.807) is 0 Å². The van der Waals surface area contributed by atoms with Gasteiger partial charge in [0.2, 0.25) is 0 Å². The summed E-state index contributed by atoms with van der Waals surface area (Å²) in [7, 11) is 2.15. The van der Waals surface area contributed by atoms with Crippen LogP contribution in [0.5, 0.6) is 0 Å². The van der Waals surface area contributed by atoms with Gasteiger partial charge in [-0.25, -0.2) is 0 Å². The number of hydrogen-bond acceptors (Lipinski definition) is 0. The lowest BCUT2D eigenvalue weighted by molar-refractivity contribution is 0.975. The molecule has 0 amide bonds. The zero-order valence-electron chi connectivity index (χ0n) is 16.1. The summed E-state index contributed by atoms with van der Waals surface area (Å²) in [4.78, 5) is 0. The SMILES string of the molecule is CCc1ccc(-c2ccc3c(Br)c(-c4ccc(CC)cc4)n(C)c3c2)cc1. The number of hydrogen-bond donors (Lipinski definition) is 0. The molecule has 0 spiro atoms. The van der Waals surface area contributed by atoms with Gasteiger partial charge in [0.1, 0.15) is 0 Å². The summed E-state index contributed by atoms with van der Waals surface area (Å²) in [5.41, 5.74) is 8.98. The lowest BCUT2D eigenvalue weighted by Crippen LogP contribution is -1.92. The molecule has 1 nitrogen and oxygen atoms in total. The van der Waals surface area contributed by atoms with Gasteiger partial charge in [-0.3, -0.25) is 0 Å². The van der Waals surface area contributed by atoms with E-state index in [0.717, 1.165) is 17.3 Å². The van der Waals surface area contributed by atoms with E-state index in [-0.39, 0.29) is 0 Å². The standard InChI is InChI=1S/C25H24BrN/c1-4-17-6-10-19(11-7-17)21-14-15-22-23(16-21)27(3)25(24(22)26)20-12-8-18(5-2)9-13-20/h6-16H,4-5H2,1-3H3. The molecule has 0 atom stereocenters. The fourth-order valence-electron chi connectivity index (χ4n) is 3.72. The molecule has 0 bridgehead atoms. The Balaban J connectivity index is 1.83. The van der Waals surface area contributed by atoms with Crippen molar-refractivity contribution in [3.63, 3.8) is 0 Å². The molecule has 1 heterocycles. The van der Waals surface area contributed by atoms with Crippen LogP contribution < -0.4 is 0 Å². The molecule has 0 aliphatic rings. The third-order valence-corrected chi connectivity index (χ3v) is 6.27. The highest BCUT2D eigenvalue weighted by molar-refractivity contribution is 9.10. The minimum Gasteiger partial charge on any atom is -0.343 e. The van der Waals surface area contributed by atoms with Gasteiger partial charge >= 0.3 is 0 Å². The van der Waals surface area contributed by atoms with Crippen LogP contribution in [0.2, 0.25) is 0 Å². The van der Waals surface area contributed by atoms with Crippen LogP contribution in [0.1, 0.15) is 25.0 Å². The highest BCUT2D eigenvalue weighted by Gasteiger charge is 2.15. The Labute approximate surface area is 169 Å². The number of halogens is 1. The van der Waals surface area contributed by atoms with Gasteiger partial charge in [0, 0.05) is 12.4 Å². The molecule has 0 N–H and O–H groups in total. The maximum atomic E-state index is 3.85. The molecule has 0 unspecified atom stereocenters. The van der Waals surface area contributed by atoms with E-state index in [9.17, 15) is 0 Å². The number of fused-ring (bicyclic) bond motifs is 1. The van der Waals surface area contributed by atoms with Crippen molar-refractivity contribution in [3.05, 3.63) is 82.3 Å². The summed E-state index contributed by atoms with van der Waals surface area (Å²) < 4.78 is 3.46. The molecule has 1 aromatic heterocycles. The maximum absolute atomic E-state index is 3.85. The minimum atomic E-state index is 1.07. The molecule has 27 heavy (non-hydrogen) atoms. The average molecular weight is 418 g/mol. The van der Waals surface area contributed by atoms with Crippen LogP contribution in [0.15, 0.2) is 71.2 Å². The van der Waals surface area contributed by atoms with E-state index in [2.05, 4.69) is 108 Å². The first-order valence-corrected chi connectivity index (χ1v) is 10.4. The van der Waals surface area contributed by atoms with Crippen molar-refractivity contribution in [3.8, 4) is 22.4 Å². The van der Waals surface area contributed by atoms with E-state index in [1.807, 2.05) is 0 Å². The Kier molecular flexibility index (Phi) is 4.92. The van der Waals surface area contributed by atoms with Gasteiger partial charge in [-0.1, -0.05) is 74.5 Å². The fourth-order valence-corrected chi connectivity index (χ4v) is 4.55. The predicted molar refractivity (Wildman–Crippen MR) is 120 cm³/mol. The summed E-state index contributed by atoms with van der Waals surface area (Å²) in [6.45, 7) is 4.38. The second-order valence-corrected chi connectivity index (χ2v) is 7.85. The zero-order valence-corrected chi connectivity index (χ0v) is 17.7. The van der Waals surface area contributed by atoms with Crippen LogP contribution in [0, 0.1) is 0 Å². The molecule has 0 aliphatic carbocycles. The van der Waals surface area contributed by atoms with Crippen LogP contribution in [-0.2, 0) is 19.9 Å². The third-order valence-electron chi connectivity index (χ3n) is 5.47. The lowest BCUT2D eigenvalue weighted by Gasteiger charge is -2.07. The first-order valence-electron chi connectivity index (χ1n) is 9.59. The Bertz CT molecular complexity index is 1090. The van der Waals surface area contributed by atoms with E-state index >= 15 is 0 Å². The van der Waals surface area contributed by atoms with Gasteiger partial charge in [-0.05, 0) is 62.7 Å².